The molecule has 1 fully saturated rings. The highest BCUT2D eigenvalue weighted by Crippen LogP contribution is 2.06. The third kappa shape index (κ3) is 1.78. The molecule has 0 saturated carbocycles. The number of rotatable bonds is 1. The van der Waals surface area contributed by atoms with Crippen molar-refractivity contribution in [3.05, 3.63) is 0 Å². The van der Waals surface area contributed by atoms with Gasteiger partial charge in [-0.05, 0) is 19.8 Å². The SMILES string of the molecule is CC(=O)[C@@H]1CC[C@H](N)CN1. The summed E-state index contributed by atoms with van der Waals surface area (Å²) >= 11 is 0. The van der Waals surface area contributed by atoms with Gasteiger partial charge in [0.05, 0.1) is 6.04 Å². The highest BCUT2D eigenvalue weighted by Gasteiger charge is 2.20. The molecule has 1 saturated heterocycles. The Morgan fingerprint density at radius 2 is 2.30 bits per heavy atom. The van der Waals surface area contributed by atoms with E-state index < -0.39 is 0 Å². The number of ketones is 1. The fourth-order valence-corrected chi connectivity index (χ4v) is 1.23. The Morgan fingerprint density at radius 1 is 1.60 bits per heavy atom. The molecule has 0 spiro atoms. The Hall–Kier alpha value is -0.410. The second-order valence-corrected chi connectivity index (χ2v) is 2.91. The zero-order valence-corrected chi connectivity index (χ0v) is 6.26. The molecule has 3 heteroatoms. The van der Waals surface area contributed by atoms with Gasteiger partial charge in [-0.15, -0.1) is 0 Å². The lowest BCUT2D eigenvalue weighted by atomic mass is 9.99. The number of hydrogen-bond acceptors (Lipinski definition) is 3. The molecule has 58 valence electrons. The van der Waals surface area contributed by atoms with Crippen molar-refractivity contribution in [1.82, 2.24) is 5.32 Å². The minimum atomic E-state index is 0.0693. The summed E-state index contributed by atoms with van der Waals surface area (Å²) in [6.07, 6.45) is 1.87. The number of nitrogens with one attached hydrogen (secondary N) is 1. The van der Waals surface area contributed by atoms with Crippen LogP contribution >= 0.6 is 0 Å². The van der Waals surface area contributed by atoms with Crippen LogP contribution in [0.5, 0.6) is 0 Å². The second-order valence-electron chi connectivity index (χ2n) is 2.91. The van der Waals surface area contributed by atoms with Crippen LogP contribution in [0.4, 0.5) is 0 Å². The smallest absolute Gasteiger partial charge is 0.146 e. The largest absolute Gasteiger partial charge is 0.327 e. The molecule has 0 aromatic heterocycles. The van der Waals surface area contributed by atoms with Gasteiger partial charge in [-0.3, -0.25) is 4.79 Å². The van der Waals surface area contributed by atoms with E-state index in [1.807, 2.05) is 0 Å². The van der Waals surface area contributed by atoms with Gasteiger partial charge in [0.15, 0.2) is 0 Å². The number of piperidine rings is 1. The monoisotopic (exact) mass is 142 g/mol. The third-order valence-corrected chi connectivity index (χ3v) is 1.94. The molecule has 0 aromatic rings. The predicted octanol–water partition coefficient (Wildman–Crippen LogP) is -0.345. The standard InChI is InChI=1S/C7H14N2O/c1-5(10)7-3-2-6(8)4-9-7/h6-7,9H,2-4,8H2,1H3/t6-,7-/m0/s1. The van der Waals surface area contributed by atoms with Crippen LogP contribution in [0, 0.1) is 0 Å². The van der Waals surface area contributed by atoms with Gasteiger partial charge < -0.3 is 11.1 Å². The normalized spacial score (nSPS) is 33.8. The van der Waals surface area contributed by atoms with Crippen LogP contribution < -0.4 is 11.1 Å². The van der Waals surface area contributed by atoms with Crippen molar-refractivity contribution in [3.8, 4) is 0 Å². The molecule has 1 aliphatic rings. The average molecular weight is 142 g/mol. The highest BCUT2D eigenvalue weighted by atomic mass is 16.1. The molecule has 0 aliphatic carbocycles. The molecular formula is C7H14N2O. The van der Waals surface area contributed by atoms with Gasteiger partial charge in [0.25, 0.3) is 0 Å². The van der Waals surface area contributed by atoms with E-state index in [1.165, 1.54) is 0 Å². The van der Waals surface area contributed by atoms with Gasteiger partial charge >= 0.3 is 0 Å². The zero-order valence-electron chi connectivity index (χ0n) is 6.26. The summed E-state index contributed by atoms with van der Waals surface area (Å²) in [5, 5.41) is 3.09. The Kier molecular flexibility index (Phi) is 2.40. The Morgan fingerprint density at radius 3 is 2.70 bits per heavy atom. The van der Waals surface area contributed by atoms with Crippen LogP contribution in [0.3, 0.4) is 0 Å². The highest BCUT2D eigenvalue weighted by molar-refractivity contribution is 5.81. The molecular weight excluding hydrogens is 128 g/mol. The molecule has 3 nitrogen and oxygen atoms in total. The molecule has 0 aromatic carbocycles. The van der Waals surface area contributed by atoms with Crippen LogP contribution in [0.1, 0.15) is 19.8 Å². The molecule has 0 bridgehead atoms. The molecule has 0 amide bonds. The van der Waals surface area contributed by atoms with E-state index in [9.17, 15) is 4.79 Å². The van der Waals surface area contributed by atoms with Crippen LogP contribution in [-0.2, 0) is 4.79 Å². The van der Waals surface area contributed by atoms with Crippen molar-refractivity contribution in [3.63, 3.8) is 0 Å². The summed E-state index contributed by atoms with van der Waals surface area (Å²) in [7, 11) is 0. The van der Waals surface area contributed by atoms with Crippen molar-refractivity contribution < 1.29 is 4.79 Å². The summed E-state index contributed by atoms with van der Waals surface area (Å²) in [6, 6.07) is 0.315. The minimum Gasteiger partial charge on any atom is -0.327 e. The first-order valence-corrected chi connectivity index (χ1v) is 3.69. The molecule has 1 heterocycles. The van der Waals surface area contributed by atoms with Crippen molar-refractivity contribution >= 4 is 5.78 Å². The maximum atomic E-state index is 10.8. The third-order valence-electron chi connectivity index (χ3n) is 1.94. The van der Waals surface area contributed by atoms with Crippen LogP contribution in [0.15, 0.2) is 0 Å². The van der Waals surface area contributed by atoms with Crippen molar-refractivity contribution in [2.45, 2.75) is 31.8 Å². The van der Waals surface area contributed by atoms with E-state index in [2.05, 4.69) is 5.32 Å². The van der Waals surface area contributed by atoms with Gasteiger partial charge in [-0.1, -0.05) is 0 Å². The second kappa shape index (κ2) is 3.12. The minimum absolute atomic E-state index is 0.0693. The van der Waals surface area contributed by atoms with Crippen LogP contribution in [0.2, 0.25) is 0 Å². The summed E-state index contributed by atoms with van der Waals surface area (Å²) < 4.78 is 0. The van der Waals surface area contributed by atoms with Crippen molar-refractivity contribution in [2.75, 3.05) is 6.54 Å². The van der Waals surface area contributed by atoms with E-state index in [4.69, 9.17) is 5.73 Å². The topological polar surface area (TPSA) is 55.1 Å². The van der Waals surface area contributed by atoms with Crippen LogP contribution in [-0.4, -0.2) is 24.4 Å². The van der Waals surface area contributed by atoms with E-state index >= 15 is 0 Å². The lowest BCUT2D eigenvalue weighted by Gasteiger charge is -2.25. The predicted molar refractivity (Wildman–Crippen MR) is 39.7 cm³/mol. The van der Waals surface area contributed by atoms with E-state index in [0.717, 1.165) is 19.4 Å². The number of Topliss-reactive ketones (excluding diaryl/α,β-unsaturated/α-hetero) is 1. The first-order chi connectivity index (χ1) is 4.70. The van der Waals surface area contributed by atoms with Crippen molar-refractivity contribution in [2.24, 2.45) is 5.73 Å². The first-order valence-electron chi connectivity index (χ1n) is 3.69. The van der Waals surface area contributed by atoms with Gasteiger partial charge in [0, 0.05) is 12.6 Å². The molecule has 3 N–H and O–H groups in total. The molecule has 0 unspecified atom stereocenters. The fourth-order valence-electron chi connectivity index (χ4n) is 1.23. The molecule has 2 atom stereocenters. The summed E-state index contributed by atoms with van der Waals surface area (Å²) in [5.41, 5.74) is 5.62. The van der Waals surface area contributed by atoms with E-state index in [1.54, 1.807) is 6.92 Å². The Balaban J connectivity index is 2.33. The lowest BCUT2D eigenvalue weighted by Crippen LogP contribution is -2.48. The Bertz CT molecular complexity index is 128. The van der Waals surface area contributed by atoms with Gasteiger partial charge in [-0.2, -0.15) is 0 Å². The Labute approximate surface area is 61.0 Å². The zero-order chi connectivity index (χ0) is 7.56. The summed E-state index contributed by atoms with van der Waals surface area (Å²) in [5.74, 6) is 0.229. The van der Waals surface area contributed by atoms with E-state index in [-0.39, 0.29) is 17.9 Å². The van der Waals surface area contributed by atoms with Crippen LogP contribution in [0.25, 0.3) is 0 Å². The quantitative estimate of drug-likeness (QED) is 0.526. The fraction of sp³-hybridized carbons (Fsp3) is 0.857. The number of carbonyl (C=O) groups is 1. The number of carbonyl (C=O) groups excluding carboxylic acids is 1. The summed E-state index contributed by atoms with van der Waals surface area (Å²) in [6.45, 7) is 2.40. The van der Waals surface area contributed by atoms with E-state index in [0.29, 0.717) is 0 Å². The van der Waals surface area contributed by atoms with Crippen molar-refractivity contribution in [1.29, 1.82) is 0 Å². The average Bonchev–Trinajstić information content (AvgIpc) is 1.88. The maximum absolute atomic E-state index is 10.8. The molecule has 1 aliphatic heterocycles. The lowest BCUT2D eigenvalue weighted by molar-refractivity contribution is -0.119. The molecule has 10 heavy (non-hydrogen) atoms. The first kappa shape index (κ1) is 7.69. The summed E-state index contributed by atoms with van der Waals surface area (Å²) in [4.78, 5) is 10.8. The van der Waals surface area contributed by atoms with Gasteiger partial charge in [0.1, 0.15) is 5.78 Å². The number of hydrogen-bond donors (Lipinski definition) is 2. The molecule has 1 rings (SSSR count). The van der Waals surface area contributed by atoms with Gasteiger partial charge in [0.2, 0.25) is 0 Å². The molecule has 0 radical (unpaired) electrons. The number of nitrogens with two attached hydrogens (primary N) is 1. The van der Waals surface area contributed by atoms with Gasteiger partial charge in [-0.25, -0.2) is 0 Å². The maximum Gasteiger partial charge on any atom is 0.146 e.